The summed E-state index contributed by atoms with van der Waals surface area (Å²) in [4.78, 5) is 0. The second kappa shape index (κ2) is 2.47. The maximum atomic E-state index is 5.18. The van der Waals surface area contributed by atoms with E-state index in [-0.39, 0.29) is 7.74 Å². The number of ether oxygens (including phenoxy) is 1. The number of alkyl halides is 3. The highest BCUT2D eigenvalue weighted by atomic mass is 80.0. The molecule has 4 heteroatoms. The highest BCUT2D eigenvalue weighted by molar-refractivity contribution is 9.39. The molecule has 0 saturated carbocycles. The molecular weight excluding hydrogens is 316 g/mol. The quantitative estimate of drug-likeness (QED) is 0.534. The van der Waals surface area contributed by atoms with Gasteiger partial charge < -0.3 is 4.74 Å². The fourth-order valence-electron chi connectivity index (χ4n) is 0.649. The van der Waals surface area contributed by atoms with Crippen LogP contribution in [0.4, 0.5) is 0 Å². The lowest BCUT2D eigenvalue weighted by Gasteiger charge is -2.13. The Morgan fingerprint density at radius 3 is 2.11 bits per heavy atom. The topological polar surface area (TPSA) is 12.5 Å². The summed E-state index contributed by atoms with van der Waals surface area (Å²) < 4.78 is 5.04. The Labute approximate surface area is 79.9 Å². The summed E-state index contributed by atoms with van der Waals surface area (Å²) in [6.45, 7) is 2.96. The molecule has 0 aliphatic carbocycles. The number of rotatable bonds is 1. The van der Waals surface area contributed by atoms with Crippen LogP contribution in [0.2, 0.25) is 0 Å². The molecule has 1 aliphatic rings. The molecular formula is C5H7Br3O. The maximum absolute atomic E-state index is 5.18. The number of halogens is 3. The third-order valence-corrected chi connectivity index (χ3v) is 2.05. The Morgan fingerprint density at radius 1 is 1.56 bits per heavy atom. The molecule has 1 aliphatic heterocycles. The van der Waals surface area contributed by atoms with Crippen molar-refractivity contribution in [2.75, 3.05) is 6.61 Å². The molecule has 1 rings (SSSR count). The lowest BCUT2D eigenvalue weighted by atomic mass is 10.1. The van der Waals surface area contributed by atoms with E-state index in [0.29, 0.717) is 0 Å². The molecule has 1 saturated heterocycles. The Hall–Kier alpha value is 1.40. The second-order valence-corrected chi connectivity index (χ2v) is 9.78. The predicted molar refractivity (Wildman–Crippen MR) is 48.5 cm³/mol. The summed E-state index contributed by atoms with van der Waals surface area (Å²) in [5.74, 6) is 0. The summed E-state index contributed by atoms with van der Waals surface area (Å²) >= 11 is 10.2. The molecule has 1 unspecified atom stereocenters. The highest BCUT2D eigenvalue weighted by Gasteiger charge is 2.44. The standard InChI is InChI=1S/C5H7Br3O/c1-4(3-9-4)2-5(6,7)8/h2-3H2,1H3. The van der Waals surface area contributed by atoms with Crippen molar-refractivity contribution in [3.05, 3.63) is 0 Å². The fraction of sp³-hybridized carbons (Fsp3) is 1.00. The molecule has 1 nitrogen and oxygen atoms in total. The van der Waals surface area contributed by atoms with Crippen LogP contribution < -0.4 is 0 Å². The molecule has 0 amide bonds. The summed E-state index contributed by atoms with van der Waals surface area (Å²) in [5, 5.41) is 0. The number of epoxide rings is 1. The first-order valence-electron chi connectivity index (χ1n) is 2.62. The van der Waals surface area contributed by atoms with Gasteiger partial charge in [0.1, 0.15) is 2.14 Å². The van der Waals surface area contributed by atoms with Crippen LogP contribution in [0.3, 0.4) is 0 Å². The van der Waals surface area contributed by atoms with Gasteiger partial charge in [0, 0.05) is 6.42 Å². The van der Waals surface area contributed by atoms with Crippen LogP contribution in [0.25, 0.3) is 0 Å². The van der Waals surface area contributed by atoms with Gasteiger partial charge in [-0.2, -0.15) is 0 Å². The molecule has 0 aromatic carbocycles. The zero-order valence-electron chi connectivity index (χ0n) is 4.96. The molecule has 0 aromatic heterocycles. The molecule has 0 aromatic rings. The van der Waals surface area contributed by atoms with Crippen molar-refractivity contribution in [1.82, 2.24) is 0 Å². The molecule has 0 bridgehead atoms. The summed E-state index contributed by atoms with van der Waals surface area (Å²) in [7, 11) is 0. The predicted octanol–water partition coefficient (Wildman–Crippen LogP) is 3.00. The SMILES string of the molecule is CC1(CC(Br)(Br)Br)CO1. The van der Waals surface area contributed by atoms with Gasteiger partial charge in [-0.1, -0.05) is 47.8 Å². The van der Waals surface area contributed by atoms with E-state index in [2.05, 4.69) is 54.7 Å². The third kappa shape index (κ3) is 3.35. The molecule has 0 spiro atoms. The first-order valence-corrected chi connectivity index (χ1v) is 5.00. The second-order valence-electron chi connectivity index (χ2n) is 2.53. The van der Waals surface area contributed by atoms with Crippen molar-refractivity contribution in [3.8, 4) is 0 Å². The van der Waals surface area contributed by atoms with E-state index in [1.165, 1.54) is 0 Å². The van der Waals surface area contributed by atoms with E-state index in [9.17, 15) is 0 Å². The molecule has 0 radical (unpaired) electrons. The fourth-order valence-corrected chi connectivity index (χ4v) is 2.43. The van der Waals surface area contributed by atoms with Crippen LogP contribution in [0.15, 0.2) is 0 Å². The van der Waals surface area contributed by atoms with Gasteiger partial charge in [-0.15, -0.1) is 0 Å². The molecule has 1 atom stereocenters. The minimum Gasteiger partial charge on any atom is -0.370 e. The van der Waals surface area contributed by atoms with Crippen molar-refractivity contribution >= 4 is 47.8 Å². The van der Waals surface area contributed by atoms with Crippen molar-refractivity contribution in [2.24, 2.45) is 0 Å². The average Bonchev–Trinajstić information content (AvgIpc) is 2.12. The monoisotopic (exact) mass is 320 g/mol. The molecule has 1 heterocycles. The molecule has 9 heavy (non-hydrogen) atoms. The zero-order chi connectivity index (χ0) is 7.12. The van der Waals surface area contributed by atoms with E-state index >= 15 is 0 Å². The summed E-state index contributed by atoms with van der Waals surface area (Å²) in [5.41, 5.74) is 0.0938. The van der Waals surface area contributed by atoms with Crippen LogP contribution >= 0.6 is 47.8 Å². The van der Waals surface area contributed by atoms with Gasteiger partial charge in [0.25, 0.3) is 0 Å². The van der Waals surface area contributed by atoms with E-state index in [1.54, 1.807) is 0 Å². The summed E-state index contributed by atoms with van der Waals surface area (Å²) in [6, 6.07) is 0. The number of hydrogen-bond donors (Lipinski definition) is 0. The van der Waals surface area contributed by atoms with E-state index in [0.717, 1.165) is 13.0 Å². The lowest BCUT2D eigenvalue weighted by molar-refractivity contribution is 0.315. The largest absolute Gasteiger partial charge is 0.370 e. The Morgan fingerprint density at radius 2 is 2.00 bits per heavy atom. The van der Waals surface area contributed by atoms with Crippen molar-refractivity contribution in [3.63, 3.8) is 0 Å². The van der Waals surface area contributed by atoms with Crippen molar-refractivity contribution in [1.29, 1.82) is 0 Å². The van der Waals surface area contributed by atoms with Crippen LogP contribution in [-0.2, 0) is 4.74 Å². The first-order chi connectivity index (χ1) is 3.91. The van der Waals surface area contributed by atoms with Gasteiger partial charge in [-0.25, -0.2) is 0 Å². The van der Waals surface area contributed by atoms with E-state index < -0.39 is 0 Å². The van der Waals surface area contributed by atoms with Crippen LogP contribution in [0, 0.1) is 0 Å². The third-order valence-electron chi connectivity index (χ3n) is 1.21. The average molecular weight is 323 g/mol. The van der Waals surface area contributed by atoms with Gasteiger partial charge in [-0.05, 0) is 6.92 Å². The number of hydrogen-bond acceptors (Lipinski definition) is 1. The van der Waals surface area contributed by atoms with Crippen LogP contribution in [0.1, 0.15) is 13.3 Å². The van der Waals surface area contributed by atoms with Crippen LogP contribution in [-0.4, -0.2) is 14.4 Å². The van der Waals surface area contributed by atoms with Gasteiger partial charge in [0.05, 0.1) is 12.2 Å². The molecule has 1 fully saturated rings. The highest BCUT2D eigenvalue weighted by Crippen LogP contribution is 2.46. The molecule has 0 N–H and O–H groups in total. The van der Waals surface area contributed by atoms with Crippen LogP contribution in [0.5, 0.6) is 0 Å². The Balaban J connectivity index is 2.33. The summed E-state index contributed by atoms with van der Waals surface area (Å²) in [6.07, 6.45) is 0.931. The zero-order valence-corrected chi connectivity index (χ0v) is 9.71. The van der Waals surface area contributed by atoms with Crippen molar-refractivity contribution < 1.29 is 4.74 Å². The Bertz CT molecular complexity index is 111. The van der Waals surface area contributed by atoms with Crippen molar-refractivity contribution in [2.45, 2.75) is 21.1 Å². The van der Waals surface area contributed by atoms with Gasteiger partial charge in [0.15, 0.2) is 0 Å². The lowest BCUT2D eigenvalue weighted by Crippen LogP contribution is -2.14. The van der Waals surface area contributed by atoms with Gasteiger partial charge in [-0.3, -0.25) is 0 Å². The van der Waals surface area contributed by atoms with Gasteiger partial charge in [0.2, 0.25) is 0 Å². The Kier molecular flexibility index (Phi) is 2.33. The molecule has 54 valence electrons. The van der Waals surface area contributed by atoms with E-state index in [1.807, 2.05) is 0 Å². The first kappa shape index (κ1) is 8.50. The minimum atomic E-state index is -0.141. The van der Waals surface area contributed by atoms with E-state index in [4.69, 9.17) is 4.74 Å². The maximum Gasteiger partial charge on any atom is 0.137 e. The smallest absolute Gasteiger partial charge is 0.137 e. The van der Waals surface area contributed by atoms with Gasteiger partial charge >= 0.3 is 0 Å². The minimum absolute atomic E-state index is 0.0938. The normalized spacial score (nSPS) is 34.7.